The number of nitrogens with zero attached hydrogens (tertiary/aromatic N) is 1. The van der Waals surface area contributed by atoms with Crippen molar-refractivity contribution in [2.24, 2.45) is 5.14 Å². The topological polar surface area (TPSA) is 119 Å². The van der Waals surface area contributed by atoms with Crippen LogP contribution >= 0.6 is 0 Å². The Bertz CT molecular complexity index is 1090. The van der Waals surface area contributed by atoms with E-state index in [1.54, 1.807) is 12.1 Å². The average Bonchev–Trinajstić information content (AvgIpc) is 3.10. The second kappa shape index (κ2) is 8.41. The molecule has 0 aliphatic carbocycles. The number of nitrogens with two attached hydrogens (primary N) is 1. The van der Waals surface area contributed by atoms with E-state index in [4.69, 9.17) is 9.88 Å². The first-order chi connectivity index (χ1) is 14.8. The number of hydrogen-bond acceptors (Lipinski definition) is 5. The van der Waals surface area contributed by atoms with Crippen LogP contribution in [-0.4, -0.2) is 43.9 Å². The number of fused-ring (bicyclic) bond motifs is 1. The van der Waals surface area contributed by atoms with Crippen molar-refractivity contribution >= 4 is 21.8 Å². The van der Waals surface area contributed by atoms with Gasteiger partial charge in [-0.15, -0.1) is 0 Å². The molecule has 0 spiro atoms. The van der Waals surface area contributed by atoms with Gasteiger partial charge in [0.1, 0.15) is 0 Å². The minimum Gasteiger partial charge on any atom is -0.381 e. The molecule has 0 aromatic heterocycles. The minimum absolute atomic E-state index is 0.0239. The summed E-state index contributed by atoms with van der Waals surface area (Å²) in [4.78, 5) is 27.8. The maximum Gasteiger partial charge on any atom is 0.254 e. The van der Waals surface area contributed by atoms with Gasteiger partial charge in [-0.25, -0.2) is 13.6 Å². The van der Waals surface area contributed by atoms with E-state index in [0.717, 1.165) is 11.1 Å². The molecule has 0 atom stereocenters. The van der Waals surface area contributed by atoms with Gasteiger partial charge in [-0.1, -0.05) is 30.3 Å². The van der Waals surface area contributed by atoms with Gasteiger partial charge in [0.25, 0.3) is 5.91 Å². The molecule has 164 valence electrons. The predicted molar refractivity (Wildman–Crippen MR) is 113 cm³/mol. The van der Waals surface area contributed by atoms with E-state index in [9.17, 15) is 18.0 Å². The number of carbonyl (C=O) groups is 2. The number of ether oxygens (including phenoxy) is 1. The molecule has 0 saturated carbocycles. The normalized spacial score (nSPS) is 18.0. The zero-order chi connectivity index (χ0) is 22.1. The monoisotopic (exact) mass is 443 g/mol. The summed E-state index contributed by atoms with van der Waals surface area (Å²) in [6.45, 7) is 1.76. The summed E-state index contributed by atoms with van der Waals surface area (Å²) in [5.41, 5.74) is 1.85. The quantitative estimate of drug-likeness (QED) is 0.702. The van der Waals surface area contributed by atoms with Crippen molar-refractivity contribution < 1.29 is 22.7 Å². The second-order valence-electron chi connectivity index (χ2n) is 8.03. The first-order valence-corrected chi connectivity index (χ1v) is 11.7. The Balaban J connectivity index is 1.45. The number of carbonyl (C=O) groups excluding carboxylic acids is 2. The summed E-state index contributed by atoms with van der Waals surface area (Å²) in [5, 5.41) is 8.00. The van der Waals surface area contributed by atoms with Crippen LogP contribution in [0.25, 0.3) is 0 Å². The third-order valence-corrected chi connectivity index (χ3v) is 6.98. The molecule has 2 amide bonds. The van der Waals surface area contributed by atoms with Gasteiger partial charge in [-0.05, 0) is 42.2 Å². The standard InChI is InChI=1S/C22H25N3O5S/c23-31(28,29)18-7-5-16(6-8-18)14-24-20(26)13-22(9-11-30-12-10-22)25-15-17-3-1-2-4-19(17)21(25)27/h1-8H,9-15H2,(H,24,26)(H2,23,28,29). The van der Waals surface area contributed by atoms with Crippen molar-refractivity contribution in [3.8, 4) is 0 Å². The first kappa shape index (κ1) is 21.5. The van der Waals surface area contributed by atoms with Gasteiger partial charge >= 0.3 is 0 Å². The summed E-state index contributed by atoms with van der Waals surface area (Å²) < 4.78 is 28.3. The van der Waals surface area contributed by atoms with Crippen molar-refractivity contribution in [2.75, 3.05) is 13.2 Å². The van der Waals surface area contributed by atoms with E-state index >= 15 is 0 Å². The van der Waals surface area contributed by atoms with E-state index in [2.05, 4.69) is 5.32 Å². The van der Waals surface area contributed by atoms with Crippen LogP contribution in [-0.2, 0) is 32.6 Å². The van der Waals surface area contributed by atoms with Crippen molar-refractivity contribution in [3.63, 3.8) is 0 Å². The molecule has 4 rings (SSSR count). The largest absolute Gasteiger partial charge is 0.381 e. The summed E-state index contributed by atoms with van der Waals surface area (Å²) in [5.74, 6) is -0.204. The van der Waals surface area contributed by atoms with Crippen LogP contribution in [0.3, 0.4) is 0 Å². The Morgan fingerprint density at radius 1 is 1.10 bits per heavy atom. The molecule has 0 unspecified atom stereocenters. The van der Waals surface area contributed by atoms with Crippen LogP contribution in [0, 0.1) is 0 Å². The minimum atomic E-state index is -3.75. The summed E-state index contributed by atoms with van der Waals surface area (Å²) in [6.07, 6.45) is 1.39. The molecule has 31 heavy (non-hydrogen) atoms. The average molecular weight is 444 g/mol. The molecular weight excluding hydrogens is 418 g/mol. The zero-order valence-corrected chi connectivity index (χ0v) is 17.9. The Morgan fingerprint density at radius 3 is 2.42 bits per heavy atom. The van der Waals surface area contributed by atoms with E-state index in [-0.39, 0.29) is 29.7 Å². The van der Waals surface area contributed by atoms with Crippen LogP contribution in [0.15, 0.2) is 53.4 Å². The molecule has 2 aliphatic rings. The van der Waals surface area contributed by atoms with E-state index < -0.39 is 15.6 Å². The van der Waals surface area contributed by atoms with Gasteiger partial charge in [0.2, 0.25) is 15.9 Å². The summed E-state index contributed by atoms with van der Waals surface area (Å²) >= 11 is 0. The first-order valence-electron chi connectivity index (χ1n) is 10.1. The number of hydrogen-bond donors (Lipinski definition) is 2. The number of rotatable bonds is 6. The van der Waals surface area contributed by atoms with Gasteiger partial charge < -0.3 is 15.0 Å². The number of amides is 2. The maximum absolute atomic E-state index is 13.1. The molecule has 1 saturated heterocycles. The van der Waals surface area contributed by atoms with Crippen molar-refractivity contribution in [2.45, 2.75) is 42.8 Å². The van der Waals surface area contributed by atoms with Gasteiger partial charge in [-0.3, -0.25) is 9.59 Å². The highest BCUT2D eigenvalue weighted by atomic mass is 32.2. The number of benzene rings is 2. The van der Waals surface area contributed by atoms with Crippen molar-refractivity contribution in [1.29, 1.82) is 0 Å². The predicted octanol–water partition coefficient (Wildman–Crippen LogP) is 1.55. The highest BCUT2D eigenvalue weighted by Gasteiger charge is 2.45. The Morgan fingerprint density at radius 2 is 1.77 bits per heavy atom. The van der Waals surface area contributed by atoms with Gasteiger partial charge in [0.05, 0.1) is 16.9 Å². The molecule has 0 radical (unpaired) electrons. The fourth-order valence-corrected chi connectivity index (χ4v) is 4.81. The van der Waals surface area contributed by atoms with Gasteiger partial charge in [-0.2, -0.15) is 0 Å². The lowest BCUT2D eigenvalue weighted by Gasteiger charge is -2.44. The molecular formula is C22H25N3O5S. The molecule has 2 aliphatic heterocycles. The SMILES string of the molecule is NS(=O)(=O)c1ccc(CNC(=O)CC2(N3Cc4ccccc4C3=O)CCOCC2)cc1. The van der Waals surface area contributed by atoms with Crippen molar-refractivity contribution in [1.82, 2.24) is 10.2 Å². The Kier molecular flexibility index (Phi) is 5.83. The summed E-state index contributed by atoms with van der Waals surface area (Å²) in [7, 11) is -3.75. The fourth-order valence-electron chi connectivity index (χ4n) is 4.29. The lowest BCUT2D eigenvalue weighted by Crippen LogP contribution is -2.54. The van der Waals surface area contributed by atoms with E-state index in [1.165, 1.54) is 12.1 Å². The third-order valence-electron chi connectivity index (χ3n) is 6.05. The number of nitrogens with one attached hydrogen (secondary N) is 1. The molecule has 1 fully saturated rings. The molecule has 3 N–H and O–H groups in total. The van der Waals surface area contributed by atoms with Crippen molar-refractivity contribution in [3.05, 3.63) is 65.2 Å². The third kappa shape index (κ3) is 4.48. The highest BCUT2D eigenvalue weighted by Crippen LogP contribution is 2.38. The van der Waals surface area contributed by atoms with Crippen LogP contribution in [0.5, 0.6) is 0 Å². The molecule has 2 aromatic carbocycles. The lowest BCUT2D eigenvalue weighted by atomic mass is 9.84. The van der Waals surface area contributed by atoms with Gasteiger partial charge in [0, 0.05) is 31.9 Å². The van der Waals surface area contributed by atoms with Crippen LogP contribution < -0.4 is 10.5 Å². The smallest absolute Gasteiger partial charge is 0.254 e. The Hall–Kier alpha value is -2.75. The van der Waals surface area contributed by atoms with Crippen LogP contribution in [0.4, 0.5) is 0 Å². The second-order valence-corrected chi connectivity index (χ2v) is 9.59. The van der Waals surface area contributed by atoms with E-state index in [0.29, 0.717) is 38.2 Å². The molecule has 0 bridgehead atoms. The summed E-state index contributed by atoms with van der Waals surface area (Å²) in [6, 6.07) is 13.6. The number of primary sulfonamides is 1. The van der Waals surface area contributed by atoms with Gasteiger partial charge in [0.15, 0.2) is 0 Å². The van der Waals surface area contributed by atoms with E-state index in [1.807, 2.05) is 29.2 Å². The van der Waals surface area contributed by atoms with Crippen LogP contribution in [0.1, 0.15) is 40.7 Å². The fraction of sp³-hybridized carbons (Fsp3) is 0.364. The molecule has 8 nitrogen and oxygen atoms in total. The molecule has 2 aromatic rings. The number of sulfonamides is 1. The van der Waals surface area contributed by atoms with Crippen LogP contribution in [0.2, 0.25) is 0 Å². The molecule has 9 heteroatoms. The highest BCUT2D eigenvalue weighted by molar-refractivity contribution is 7.89. The maximum atomic E-state index is 13.1. The molecule has 2 heterocycles. The zero-order valence-electron chi connectivity index (χ0n) is 17.0. The Labute approximate surface area is 181 Å². The lowest BCUT2D eigenvalue weighted by molar-refractivity contribution is -0.126.